The summed E-state index contributed by atoms with van der Waals surface area (Å²) < 4.78 is 13.2. The zero-order chi connectivity index (χ0) is 9.14. The molecule has 0 spiro atoms. The summed E-state index contributed by atoms with van der Waals surface area (Å²) in [5.74, 6) is -0.474. The molecule has 0 fully saturated rings. The molecule has 12 heavy (non-hydrogen) atoms. The molecule has 0 unspecified atom stereocenters. The largest absolute Gasteiger partial charge is 0.205 e. The molecule has 62 valence electrons. The van der Waals surface area contributed by atoms with Gasteiger partial charge in [0.2, 0.25) is 0 Å². The van der Waals surface area contributed by atoms with Crippen molar-refractivity contribution in [1.82, 2.24) is 0 Å². The molecule has 0 aromatic heterocycles. The van der Waals surface area contributed by atoms with Gasteiger partial charge in [-0.2, -0.15) is 5.26 Å². The maximum absolute atomic E-state index is 13.2. The Morgan fingerprint density at radius 1 is 1.58 bits per heavy atom. The first-order valence-corrected chi connectivity index (χ1v) is 3.95. The van der Waals surface area contributed by atoms with Gasteiger partial charge in [-0.3, -0.25) is 0 Å². The average molecular weight is 184 g/mol. The highest BCUT2D eigenvalue weighted by Crippen LogP contribution is 2.21. The van der Waals surface area contributed by atoms with Crippen LogP contribution in [0.15, 0.2) is 12.1 Å². The van der Waals surface area contributed by atoms with Gasteiger partial charge in [-0.1, -0.05) is 18.5 Å². The topological polar surface area (TPSA) is 23.8 Å². The van der Waals surface area contributed by atoms with E-state index in [0.717, 1.165) is 0 Å². The molecule has 0 radical (unpaired) electrons. The Labute approximate surface area is 75.4 Å². The van der Waals surface area contributed by atoms with Gasteiger partial charge in [0, 0.05) is 5.56 Å². The van der Waals surface area contributed by atoms with Crippen LogP contribution < -0.4 is 0 Å². The Morgan fingerprint density at radius 2 is 2.25 bits per heavy atom. The smallest absolute Gasteiger partial charge is 0.146 e. The molecule has 0 atom stereocenters. The second kappa shape index (κ2) is 3.55. The fraction of sp³-hybridized carbons (Fsp3) is 0.222. The number of hydrogen-bond acceptors (Lipinski definition) is 1. The van der Waals surface area contributed by atoms with E-state index in [9.17, 15) is 4.39 Å². The normalized spacial score (nSPS) is 9.50. The molecule has 0 amide bonds. The lowest BCUT2D eigenvalue weighted by Gasteiger charge is -2.02. The monoisotopic (exact) mass is 183 g/mol. The van der Waals surface area contributed by atoms with Gasteiger partial charge >= 0.3 is 0 Å². The van der Waals surface area contributed by atoms with Crippen molar-refractivity contribution in [2.24, 2.45) is 0 Å². The van der Waals surface area contributed by atoms with Crippen LogP contribution in [-0.4, -0.2) is 0 Å². The van der Waals surface area contributed by atoms with E-state index in [1.807, 2.05) is 6.07 Å². The van der Waals surface area contributed by atoms with E-state index in [1.165, 1.54) is 12.1 Å². The summed E-state index contributed by atoms with van der Waals surface area (Å²) in [4.78, 5) is 0. The summed E-state index contributed by atoms with van der Waals surface area (Å²) in [6, 6.07) is 4.85. The first-order chi connectivity index (χ1) is 5.70. The Kier molecular flexibility index (Phi) is 2.67. The maximum Gasteiger partial charge on any atom is 0.146 e. The van der Waals surface area contributed by atoms with Gasteiger partial charge in [-0.25, -0.2) is 4.39 Å². The van der Waals surface area contributed by atoms with Gasteiger partial charge in [0.25, 0.3) is 0 Å². The van der Waals surface area contributed by atoms with Gasteiger partial charge < -0.3 is 0 Å². The molecule has 0 bridgehead atoms. The molecule has 0 saturated carbocycles. The van der Waals surface area contributed by atoms with Gasteiger partial charge in [0.05, 0.1) is 16.7 Å². The van der Waals surface area contributed by atoms with Crippen LogP contribution in [0.1, 0.15) is 18.1 Å². The zero-order valence-corrected chi connectivity index (χ0v) is 7.32. The van der Waals surface area contributed by atoms with Crippen LogP contribution in [0, 0.1) is 17.1 Å². The second-order valence-corrected chi connectivity index (χ2v) is 2.76. The molecule has 1 nitrogen and oxygen atoms in total. The van der Waals surface area contributed by atoms with E-state index < -0.39 is 5.82 Å². The van der Waals surface area contributed by atoms with Gasteiger partial charge in [-0.15, -0.1) is 0 Å². The summed E-state index contributed by atoms with van der Waals surface area (Å²) in [6.45, 7) is 1.79. The molecule has 0 heterocycles. The fourth-order valence-electron chi connectivity index (χ4n) is 1.04. The number of benzene rings is 1. The fourth-order valence-corrected chi connectivity index (χ4v) is 1.22. The lowest BCUT2D eigenvalue weighted by atomic mass is 10.1. The van der Waals surface area contributed by atoms with E-state index in [0.29, 0.717) is 17.5 Å². The molecule has 0 N–H and O–H groups in total. The van der Waals surface area contributed by atoms with E-state index in [-0.39, 0.29) is 5.02 Å². The summed E-state index contributed by atoms with van der Waals surface area (Å²) in [7, 11) is 0. The Morgan fingerprint density at radius 3 is 2.75 bits per heavy atom. The predicted molar refractivity (Wildman–Crippen MR) is 45.5 cm³/mol. The number of nitrogens with zero attached hydrogens (tertiary/aromatic N) is 1. The van der Waals surface area contributed by atoms with Crippen LogP contribution in [0.5, 0.6) is 0 Å². The van der Waals surface area contributed by atoms with Gasteiger partial charge in [0.15, 0.2) is 0 Å². The van der Waals surface area contributed by atoms with Crippen LogP contribution in [-0.2, 0) is 6.42 Å². The zero-order valence-electron chi connectivity index (χ0n) is 6.56. The third-order valence-corrected chi connectivity index (χ3v) is 1.96. The highest BCUT2D eigenvalue weighted by atomic mass is 35.5. The molecule has 1 aromatic rings. The minimum absolute atomic E-state index is 0.0749. The third-order valence-electron chi connectivity index (χ3n) is 1.67. The molecular weight excluding hydrogens is 177 g/mol. The molecule has 1 rings (SSSR count). The van der Waals surface area contributed by atoms with Crippen LogP contribution in [0.2, 0.25) is 5.02 Å². The highest BCUT2D eigenvalue weighted by molar-refractivity contribution is 6.30. The molecule has 0 aliphatic rings. The third kappa shape index (κ3) is 1.41. The van der Waals surface area contributed by atoms with Crippen LogP contribution in [0.4, 0.5) is 4.39 Å². The second-order valence-electron chi connectivity index (χ2n) is 2.35. The lowest BCUT2D eigenvalue weighted by molar-refractivity contribution is 0.612. The van der Waals surface area contributed by atoms with Crippen molar-refractivity contribution < 1.29 is 4.39 Å². The summed E-state index contributed by atoms with van der Waals surface area (Å²) in [5.41, 5.74) is 0.754. The molecule has 0 saturated heterocycles. The number of hydrogen-bond donors (Lipinski definition) is 0. The average Bonchev–Trinajstić information content (AvgIpc) is 2.09. The molecule has 0 aliphatic heterocycles. The van der Waals surface area contributed by atoms with Crippen LogP contribution >= 0.6 is 11.6 Å². The van der Waals surface area contributed by atoms with E-state index in [4.69, 9.17) is 16.9 Å². The number of rotatable bonds is 1. The first kappa shape index (κ1) is 9.02. The maximum atomic E-state index is 13.2. The standard InChI is InChI=1S/C9H7ClFN/c1-2-7-6(5-12)3-4-8(10)9(7)11/h3-4H,2H2,1H3. The van der Waals surface area contributed by atoms with Crippen molar-refractivity contribution in [2.45, 2.75) is 13.3 Å². The van der Waals surface area contributed by atoms with Gasteiger partial charge in [0.1, 0.15) is 5.82 Å². The molecule has 1 aromatic carbocycles. The molecule has 0 aliphatic carbocycles. The van der Waals surface area contributed by atoms with Crippen molar-refractivity contribution in [1.29, 1.82) is 5.26 Å². The van der Waals surface area contributed by atoms with E-state index in [2.05, 4.69) is 0 Å². The summed E-state index contributed by atoms with van der Waals surface area (Å²) >= 11 is 5.54. The van der Waals surface area contributed by atoms with Gasteiger partial charge in [-0.05, 0) is 18.6 Å². The van der Waals surface area contributed by atoms with Crippen molar-refractivity contribution in [3.63, 3.8) is 0 Å². The first-order valence-electron chi connectivity index (χ1n) is 3.57. The van der Waals surface area contributed by atoms with E-state index in [1.54, 1.807) is 6.92 Å². The SMILES string of the molecule is CCc1c(C#N)ccc(Cl)c1F. The lowest BCUT2D eigenvalue weighted by Crippen LogP contribution is -1.93. The van der Waals surface area contributed by atoms with Crippen molar-refractivity contribution in [3.8, 4) is 6.07 Å². The predicted octanol–water partition coefficient (Wildman–Crippen LogP) is 2.91. The summed E-state index contributed by atoms with van der Waals surface area (Å²) in [6.07, 6.45) is 0.481. The number of halogens is 2. The van der Waals surface area contributed by atoms with Crippen molar-refractivity contribution in [3.05, 3.63) is 34.1 Å². The molecular formula is C9H7ClFN. The molecule has 3 heteroatoms. The Balaban J connectivity index is 3.38. The highest BCUT2D eigenvalue weighted by Gasteiger charge is 2.09. The Bertz CT molecular complexity index is 341. The van der Waals surface area contributed by atoms with Crippen molar-refractivity contribution >= 4 is 11.6 Å². The van der Waals surface area contributed by atoms with Crippen LogP contribution in [0.25, 0.3) is 0 Å². The van der Waals surface area contributed by atoms with Crippen LogP contribution in [0.3, 0.4) is 0 Å². The summed E-state index contributed by atoms with van der Waals surface area (Å²) in [5, 5.41) is 8.68. The Hall–Kier alpha value is -1.07. The minimum Gasteiger partial charge on any atom is -0.205 e. The van der Waals surface area contributed by atoms with Crippen molar-refractivity contribution in [2.75, 3.05) is 0 Å². The quantitative estimate of drug-likeness (QED) is 0.657. The minimum atomic E-state index is -0.474. The number of nitriles is 1. The van der Waals surface area contributed by atoms with E-state index >= 15 is 0 Å².